The monoisotopic (exact) mass is 330 g/mol. The maximum absolute atomic E-state index is 12.4. The molecular formula is C19H23ClN2O. The van der Waals surface area contributed by atoms with E-state index in [2.05, 4.69) is 34.5 Å². The largest absolute Gasteiger partial charge is 0.326 e. The number of halogens is 1. The molecule has 4 heteroatoms. The molecular weight excluding hydrogens is 308 g/mol. The summed E-state index contributed by atoms with van der Waals surface area (Å²) in [4.78, 5) is 14.9. The van der Waals surface area contributed by atoms with Gasteiger partial charge in [-0.05, 0) is 60.7 Å². The van der Waals surface area contributed by atoms with E-state index in [0.29, 0.717) is 12.3 Å². The second-order valence-corrected chi connectivity index (χ2v) is 6.71. The Kier molecular flexibility index (Phi) is 4.88. The number of hydrogen-bond donors (Lipinski definition) is 1. The van der Waals surface area contributed by atoms with Gasteiger partial charge < -0.3 is 10.2 Å². The number of nitrogens with zero attached hydrogens (tertiary/aromatic N) is 1. The minimum atomic E-state index is 0. The number of rotatable bonds is 3. The van der Waals surface area contributed by atoms with Crippen LogP contribution in [0.25, 0.3) is 10.8 Å². The third kappa shape index (κ3) is 3.51. The standard InChI is InChI=1S/C19H22N2O.ClH/c22-19(12-17-13-21-9-7-15(17)8-10-21)20-18-6-5-14-3-1-2-4-16(14)11-18;/h1-6,11,15,17H,7-10,12-13H2,(H,20,22);1H. The van der Waals surface area contributed by atoms with Crippen LogP contribution in [0.5, 0.6) is 0 Å². The van der Waals surface area contributed by atoms with Gasteiger partial charge in [-0.2, -0.15) is 0 Å². The van der Waals surface area contributed by atoms with Crippen LogP contribution in [0.1, 0.15) is 19.3 Å². The Morgan fingerprint density at radius 2 is 1.83 bits per heavy atom. The summed E-state index contributed by atoms with van der Waals surface area (Å²) in [5.41, 5.74) is 0.907. The zero-order valence-electron chi connectivity index (χ0n) is 13.2. The first-order valence-corrected chi connectivity index (χ1v) is 8.29. The van der Waals surface area contributed by atoms with Crippen molar-refractivity contribution in [3.63, 3.8) is 0 Å². The number of fused-ring (bicyclic) bond motifs is 4. The number of benzene rings is 2. The molecule has 3 aliphatic rings. The fourth-order valence-electron chi connectivity index (χ4n) is 4.04. The number of anilines is 1. The maximum Gasteiger partial charge on any atom is 0.224 e. The molecule has 122 valence electrons. The number of carbonyl (C=O) groups excluding carboxylic acids is 1. The van der Waals surface area contributed by atoms with Crippen molar-refractivity contribution in [1.29, 1.82) is 0 Å². The first-order chi connectivity index (χ1) is 10.8. The van der Waals surface area contributed by atoms with Crippen LogP contribution in [-0.2, 0) is 4.79 Å². The molecule has 3 aliphatic heterocycles. The van der Waals surface area contributed by atoms with Crippen molar-refractivity contribution in [2.24, 2.45) is 11.8 Å². The van der Waals surface area contributed by atoms with E-state index in [4.69, 9.17) is 0 Å². The van der Waals surface area contributed by atoms with E-state index in [-0.39, 0.29) is 18.3 Å². The summed E-state index contributed by atoms with van der Waals surface area (Å²) in [6, 6.07) is 14.4. The van der Waals surface area contributed by atoms with Gasteiger partial charge in [-0.25, -0.2) is 0 Å². The van der Waals surface area contributed by atoms with Crippen LogP contribution < -0.4 is 5.32 Å². The zero-order valence-corrected chi connectivity index (χ0v) is 14.0. The minimum Gasteiger partial charge on any atom is -0.326 e. The molecule has 3 heterocycles. The van der Waals surface area contributed by atoms with E-state index < -0.39 is 0 Å². The Labute approximate surface area is 143 Å². The van der Waals surface area contributed by atoms with Crippen LogP contribution in [0, 0.1) is 11.8 Å². The van der Waals surface area contributed by atoms with Crippen LogP contribution in [0.4, 0.5) is 5.69 Å². The molecule has 23 heavy (non-hydrogen) atoms. The lowest BCUT2D eigenvalue weighted by molar-refractivity contribution is -0.118. The van der Waals surface area contributed by atoms with Crippen molar-refractivity contribution in [3.05, 3.63) is 42.5 Å². The van der Waals surface area contributed by atoms with Gasteiger partial charge in [0.15, 0.2) is 0 Å². The van der Waals surface area contributed by atoms with Crippen LogP contribution >= 0.6 is 12.4 Å². The van der Waals surface area contributed by atoms with Gasteiger partial charge in [0.25, 0.3) is 0 Å². The van der Waals surface area contributed by atoms with Crippen molar-refractivity contribution in [1.82, 2.24) is 4.90 Å². The molecule has 0 aromatic heterocycles. The molecule has 0 spiro atoms. The molecule has 1 unspecified atom stereocenters. The van der Waals surface area contributed by atoms with Gasteiger partial charge in [0, 0.05) is 18.7 Å². The second-order valence-electron chi connectivity index (χ2n) is 6.71. The predicted octanol–water partition coefficient (Wildman–Crippen LogP) is 3.93. The van der Waals surface area contributed by atoms with Gasteiger partial charge >= 0.3 is 0 Å². The summed E-state index contributed by atoms with van der Waals surface area (Å²) in [5, 5.41) is 5.46. The van der Waals surface area contributed by atoms with Gasteiger partial charge in [-0.1, -0.05) is 30.3 Å². The lowest BCUT2D eigenvalue weighted by atomic mass is 9.77. The Morgan fingerprint density at radius 3 is 2.52 bits per heavy atom. The molecule has 0 radical (unpaired) electrons. The molecule has 3 nitrogen and oxygen atoms in total. The van der Waals surface area contributed by atoms with Gasteiger partial charge in [-0.3, -0.25) is 4.79 Å². The first kappa shape index (κ1) is 16.3. The van der Waals surface area contributed by atoms with Crippen molar-refractivity contribution in [2.45, 2.75) is 19.3 Å². The zero-order chi connectivity index (χ0) is 14.9. The lowest BCUT2D eigenvalue weighted by Gasteiger charge is -2.44. The average Bonchev–Trinajstić information content (AvgIpc) is 2.56. The number of amides is 1. The smallest absolute Gasteiger partial charge is 0.224 e. The Morgan fingerprint density at radius 1 is 1.09 bits per heavy atom. The highest BCUT2D eigenvalue weighted by Crippen LogP contribution is 2.34. The van der Waals surface area contributed by atoms with Crippen LogP contribution in [0.3, 0.4) is 0 Å². The van der Waals surface area contributed by atoms with Gasteiger partial charge in [-0.15, -0.1) is 12.4 Å². The van der Waals surface area contributed by atoms with Crippen LogP contribution in [-0.4, -0.2) is 30.4 Å². The van der Waals surface area contributed by atoms with Crippen molar-refractivity contribution >= 4 is 34.8 Å². The fraction of sp³-hybridized carbons (Fsp3) is 0.421. The van der Waals surface area contributed by atoms with E-state index in [1.807, 2.05) is 18.2 Å². The molecule has 2 aromatic rings. The Balaban J connectivity index is 0.00000156. The first-order valence-electron chi connectivity index (χ1n) is 8.29. The third-order valence-corrected chi connectivity index (χ3v) is 5.27. The minimum absolute atomic E-state index is 0. The highest BCUT2D eigenvalue weighted by molar-refractivity contribution is 5.94. The highest BCUT2D eigenvalue weighted by atomic mass is 35.5. The van der Waals surface area contributed by atoms with E-state index in [1.54, 1.807) is 0 Å². The van der Waals surface area contributed by atoms with Crippen molar-refractivity contribution in [3.8, 4) is 0 Å². The summed E-state index contributed by atoms with van der Waals surface area (Å²) in [6.07, 6.45) is 3.20. The van der Waals surface area contributed by atoms with Crippen LogP contribution in [0.15, 0.2) is 42.5 Å². The van der Waals surface area contributed by atoms with Gasteiger partial charge in [0.05, 0.1) is 0 Å². The summed E-state index contributed by atoms with van der Waals surface area (Å²) < 4.78 is 0. The molecule has 1 atom stereocenters. The molecule has 0 saturated carbocycles. The Bertz CT molecular complexity index is 695. The number of nitrogens with one attached hydrogen (secondary N) is 1. The SMILES string of the molecule is Cl.O=C(CC1CN2CCC1CC2)Nc1ccc2ccccc2c1. The predicted molar refractivity (Wildman–Crippen MR) is 97.1 cm³/mol. The average molecular weight is 331 g/mol. The van der Waals surface area contributed by atoms with Crippen molar-refractivity contribution < 1.29 is 4.79 Å². The summed E-state index contributed by atoms with van der Waals surface area (Å²) in [5.74, 6) is 1.46. The number of hydrogen-bond acceptors (Lipinski definition) is 2. The summed E-state index contributed by atoms with van der Waals surface area (Å²) in [6.45, 7) is 3.57. The summed E-state index contributed by atoms with van der Waals surface area (Å²) >= 11 is 0. The molecule has 2 bridgehead atoms. The second kappa shape index (κ2) is 6.90. The normalized spacial score (nSPS) is 25.8. The van der Waals surface area contributed by atoms with Crippen molar-refractivity contribution in [2.75, 3.05) is 25.0 Å². The quantitative estimate of drug-likeness (QED) is 0.924. The number of piperidine rings is 3. The van der Waals surface area contributed by atoms with Crippen LogP contribution in [0.2, 0.25) is 0 Å². The van der Waals surface area contributed by atoms with E-state index in [0.717, 1.165) is 18.2 Å². The van der Waals surface area contributed by atoms with Gasteiger partial charge in [0.2, 0.25) is 5.91 Å². The molecule has 2 aromatic carbocycles. The summed E-state index contributed by atoms with van der Waals surface area (Å²) in [7, 11) is 0. The molecule has 5 rings (SSSR count). The molecule has 1 N–H and O–H groups in total. The van der Waals surface area contributed by atoms with Gasteiger partial charge in [0.1, 0.15) is 0 Å². The Hall–Kier alpha value is -1.58. The molecule has 3 saturated heterocycles. The number of carbonyl (C=O) groups is 1. The third-order valence-electron chi connectivity index (χ3n) is 5.27. The molecule has 3 fully saturated rings. The van der Waals surface area contributed by atoms with E-state index in [1.165, 1.54) is 36.7 Å². The molecule has 0 aliphatic carbocycles. The van der Waals surface area contributed by atoms with E-state index >= 15 is 0 Å². The highest BCUT2D eigenvalue weighted by Gasteiger charge is 2.34. The maximum atomic E-state index is 12.4. The van der Waals surface area contributed by atoms with E-state index in [9.17, 15) is 4.79 Å². The topological polar surface area (TPSA) is 32.3 Å². The fourth-order valence-corrected chi connectivity index (χ4v) is 4.04. The lowest BCUT2D eigenvalue weighted by Crippen LogP contribution is -2.48. The molecule has 1 amide bonds.